The molecule has 29 heavy (non-hydrogen) atoms. The van der Waals surface area contributed by atoms with Gasteiger partial charge in [-0.15, -0.1) is 0 Å². The summed E-state index contributed by atoms with van der Waals surface area (Å²) >= 11 is 0. The third kappa shape index (κ3) is 4.68. The minimum absolute atomic E-state index is 0.0584. The molecule has 7 nitrogen and oxygen atoms in total. The van der Waals surface area contributed by atoms with Crippen molar-refractivity contribution in [2.45, 2.75) is 26.8 Å². The van der Waals surface area contributed by atoms with Crippen molar-refractivity contribution in [3.8, 4) is 0 Å². The minimum Gasteiger partial charge on any atom is -0.336 e. The first-order valence-corrected chi connectivity index (χ1v) is 9.41. The zero-order valence-corrected chi connectivity index (χ0v) is 16.8. The van der Waals surface area contributed by atoms with Crippen LogP contribution in [0.25, 0.3) is 10.9 Å². The Labute approximate surface area is 169 Å². The normalized spacial score (nSPS) is 10.7. The van der Waals surface area contributed by atoms with Crippen molar-refractivity contribution < 1.29 is 9.59 Å². The topological polar surface area (TPSA) is 84.3 Å². The van der Waals surface area contributed by atoms with Crippen molar-refractivity contribution in [2.24, 2.45) is 0 Å². The third-order valence-corrected chi connectivity index (χ3v) is 4.98. The van der Waals surface area contributed by atoms with E-state index in [-0.39, 0.29) is 36.9 Å². The van der Waals surface area contributed by atoms with Crippen molar-refractivity contribution >= 4 is 28.4 Å². The molecule has 3 rings (SSSR count). The van der Waals surface area contributed by atoms with Gasteiger partial charge in [-0.05, 0) is 43.2 Å². The number of carbonyl (C=O) groups is 2. The zero-order chi connectivity index (χ0) is 21.0. The van der Waals surface area contributed by atoms with Crippen LogP contribution in [0.15, 0.2) is 53.6 Å². The minimum atomic E-state index is -0.265. The van der Waals surface area contributed by atoms with Crippen LogP contribution in [-0.4, -0.2) is 39.9 Å². The van der Waals surface area contributed by atoms with E-state index in [1.807, 2.05) is 38.1 Å². The van der Waals surface area contributed by atoms with Gasteiger partial charge in [0.1, 0.15) is 0 Å². The van der Waals surface area contributed by atoms with Crippen LogP contribution in [0.2, 0.25) is 0 Å². The van der Waals surface area contributed by atoms with Crippen molar-refractivity contribution in [1.29, 1.82) is 0 Å². The molecule has 1 heterocycles. The lowest BCUT2D eigenvalue weighted by molar-refractivity contribution is -0.133. The van der Waals surface area contributed by atoms with Crippen LogP contribution in [0.1, 0.15) is 17.5 Å². The summed E-state index contributed by atoms with van der Waals surface area (Å²) < 4.78 is 1.42. The summed E-state index contributed by atoms with van der Waals surface area (Å²) in [6, 6.07) is 12.8. The number of rotatable bonds is 6. The lowest BCUT2D eigenvalue weighted by Gasteiger charge is -2.18. The lowest BCUT2D eigenvalue weighted by atomic mass is 10.1. The molecule has 0 aliphatic heterocycles. The maximum Gasteiger partial charge on any atom is 0.261 e. The monoisotopic (exact) mass is 392 g/mol. The molecule has 0 bridgehead atoms. The third-order valence-electron chi connectivity index (χ3n) is 4.98. The second-order valence-electron chi connectivity index (χ2n) is 7.06. The molecule has 2 aromatic carbocycles. The van der Waals surface area contributed by atoms with E-state index in [1.165, 1.54) is 15.8 Å². The molecule has 3 aromatic rings. The number of nitrogens with zero attached hydrogens (tertiary/aromatic N) is 3. The number of fused-ring (bicyclic) bond motifs is 1. The Morgan fingerprint density at radius 3 is 2.66 bits per heavy atom. The Hall–Kier alpha value is -3.48. The molecule has 0 aliphatic rings. The quantitative estimate of drug-likeness (QED) is 0.699. The molecule has 7 heteroatoms. The molecule has 0 aliphatic carbocycles. The fourth-order valence-electron chi connectivity index (χ4n) is 3.05. The number of amides is 2. The van der Waals surface area contributed by atoms with Gasteiger partial charge in [-0.2, -0.15) is 0 Å². The van der Waals surface area contributed by atoms with Gasteiger partial charge >= 0.3 is 0 Å². The van der Waals surface area contributed by atoms with Crippen LogP contribution in [0.5, 0.6) is 0 Å². The number of hydrogen-bond acceptors (Lipinski definition) is 4. The number of carbonyl (C=O) groups excluding carboxylic acids is 2. The molecular weight excluding hydrogens is 368 g/mol. The van der Waals surface area contributed by atoms with Crippen LogP contribution in [0.4, 0.5) is 5.69 Å². The number of aryl methyl sites for hydroxylation is 2. The molecular formula is C22H24N4O3. The van der Waals surface area contributed by atoms with Crippen LogP contribution < -0.4 is 10.9 Å². The average Bonchev–Trinajstić information content (AvgIpc) is 2.71. The summed E-state index contributed by atoms with van der Waals surface area (Å²) in [4.78, 5) is 42.8. The van der Waals surface area contributed by atoms with Gasteiger partial charge in [0, 0.05) is 25.7 Å². The van der Waals surface area contributed by atoms with Crippen molar-refractivity contribution in [2.75, 3.05) is 18.9 Å². The molecule has 0 atom stereocenters. The number of aromatic nitrogens is 2. The van der Waals surface area contributed by atoms with Crippen LogP contribution in [0.3, 0.4) is 0 Å². The van der Waals surface area contributed by atoms with Gasteiger partial charge in [-0.3, -0.25) is 19.0 Å². The van der Waals surface area contributed by atoms with Gasteiger partial charge in [-0.25, -0.2) is 4.98 Å². The fourth-order valence-corrected chi connectivity index (χ4v) is 3.05. The van der Waals surface area contributed by atoms with Gasteiger partial charge in [0.2, 0.25) is 11.8 Å². The van der Waals surface area contributed by atoms with Crippen molar-refractivity contribution in [1.82, 2.24) is 14.5 Å². The summed E-state index contributed by atoms with van der Waals surface area (Å²) in [7, 11) is 1.58. The number of anilines is 1. The van der Waals surface area contributed by atoms with Gasteiger partial charge < -0.3 is 10.2 Å². The van der Waals surface area contributed by atoms with Crippen molar-refractivity contribution in [3.63, 3.8) is 0 Å². The van der Waals surface area contributed by atoms with E-state index in [0.717, 1.165) is 16.8 Å². The lowest BCUT2D eigenvalue weighted by Crippen LogP contribution is -2.36. The first kappa shape index (κ1) is 20.3. The Morgan fingerprint density at radius 2 is 1.86 bits per heavy atom. The highest BCUT2D eigenvalue weighted by Gasteiger charge is 2.14. The molecule has 150 valence electrons. The SMILES string of the molecule is Cc1cccc(NC(=O)CN(C)C(=O)CCn2cnc3ccccc3c2=O)c1C. The molecule has 0 unspecified atom stereocenters. The average molecular weight is 392 g/mol. The summed E-state index contributed by atoms with van der Waals surface area (Å²) in [5.74, 6) is -0.486. The maximum absolute atomic E-state index is 12.5. The predicted octanol–water partition coefficient (Wildman–Crippen LogP) is 2.50. The standard InChI is InChI=1S/C22H24N4O3/c1-15-7-6-10-18(16(15)2)24-20(27)13-25(3)21(28)11-12-26-14-23-19-9-5-4-8-17(19)22(26)29/h4-10,14H,11-13H2,1-3H3,(H,24,27). The fraction of sp³-hybridized carbons (Fsp3) is 0.273. The Kier molecular flexibility index (Phi) is 6.07. The Balaban J connectivity index is 1.58. The number of hydrogen-bond donors (Lipinski definition) is 1. The first-order chi connectivity index (χ1) is 13.9. The predicted molar refractivity (Wildman–Crippen MR) is 113 cm³/mol. The summed E-state index contributed by atoms with van der Waals surface area (Å²) in [6.45, 7) is 4.06. The van der Waals surface area contributed by atoms with Crippen LogP contribution in [0, 0.1) is 13.8 Å². The summed E-state index contributed by atoms with van der Waals surface area (Å²) in [5.41, 5.74) is 3.27. The van der Waals surface area contributed by atoms with E-state index in [2.05, 4.69) is 10.3 Å². The van der Waals surface area contributed by atoms with E-state index in [4.69, 9.17) is 0 Å². The number of para-hydroxylation sites is 1. The zero-order valence-electron chi connectivity index (χ0n) is 16.8. The van der Waals surface area contributed by atoms with Crippen LogP contribution in [-0.2, 0) is 16.1 Å². The molecule has 2 amide bonds. The number of nitrogens with one attached hydrogen (secondary N) is 1. The highest BCUT2D eigenvalue weighted by Crippen LogP contribution is 2.17. The highest BCUT2D eigenvalue weighted by atomic mass is 16.2. The first-order valence-electron chi connectivity index (χ1n) is 9.41. The second-order valence-corrected chi connectivity index (χ2v) is 7.06. The second kappa shape index (κ2) is 8.68. The molecule has 0 saturated heterocycles. The smallest absolute Gasteiger partial charge is 0.261 e. The number of likely N-dealkylation sites (N-methyl/N-ethyl adjacent to an activating group) is 1. The van der Waals surface area contributed by atoms with E-state index in [1.54, 1.807) is 25.2 Å². The van der Waals surface area contributed by atoms with Crippen molar-refractivity contribution in [3.05, 3.63) is 70.3 Å². The van der Waals surface area contributed by atoms with E-state index >= 15 is 0 Å². The van der Waals surface area contributed by atoms with E-state index in [9.17, 15) is 14.4 Å². The molecule has 1 N–H and O–H groups in total. The largest absolute Gasteiger partial charge is 0.336 e. The molecule has 0 radical (unpaired) electrons. The van der Waals surface area contributed by atoms with Gasteiger partial charge in [-0.1, -0.05) is 24.3 Å². The van der Waals surface area contributed by atoms with Gasteiger partial charge in [0.15, 0.2) is 0 Å². The maximum atomic E-state index is 12.5. The number of benzene rings is 2. The van der Waals surface area contributed by atoms with Gasteiger partial charge in [0.05, 0.1) is 23.8 Å². The molecule has 1 aromatic heterocycles. The van der Waals surface area contributed by atoms with E-state index in [0.29, 0.717) is 10.9 Å². The Bertz CT molecular complexity index is 1120. The van der Waals surface area contributed by atoms with Gasteiger partial charge in [0.25, 0.3) is 5.56 Å². The molecule has 0 saturated carbocycles. The molecule has 0 spiro atoms. The summed E-state index contributed by atoms with van der Waals surface area (Å²) in [5, 5.41) is 3.36. The van der Waals surface area contributed by atoms with E-state index < -0.39 is 0 Å². The molecule has 0 fully saturated rings. The highest BCUT2D eigenvalue weighted by molar-refractivity contribution is 5.95. The Morgan fingerprint density at radius 1 is 1.10 bits per heavy atom. The summed E-state index contributed by atoms with van der Waals surface area (Å²) in [6.07, 6.45) is 1.55. The van der Waals surface area contributed by atoms with Crippen LogP contribution >= 0.6 is 0 Å².